The molecular formula is C31H33N7. The second-order valence-corrected chi connectivity index (χ2v) is 9.58. The molecule has 0 bridgehead atoms. The lowest BCUT2D eigenvalue weighted by Gasteiger charge is -2.38. The summed E-state index contributed by atoms with van der Waals surface area (Å²) in [7, 11) is 0. The van der Waals surface area contributed by atoms with Crippen molar-refractivity contribution in [2.45, 2.75) is 31.2 Å². The highest BCUT2D eigenvalue weighted by atomic mass is 15.3. The Hall–Kier alpha value is -4.49. The molecule has 0 atom stereocenters. The van der Waals surface area contributed by atoms with E-state index in [1.807, 2.05) is 53.6 Å². The molecule has 2 aromatic rings. The summed E-state index contributed by atoms with van der Waals surface area (Å²) < 4.78 is 0. The van der Waals surface area contributed by atoms with E-state index in [-0.39, 0.29) is 5.54 Å². The predicted octanol–water partition coefficient (Wildman–Crippen LogP) is 4.98. The number of fused-ring (bicyclic) bond motifs is 1. The Kier molecular flexibility index (Phi) is 7.20. The van der Waals surface area contributed by atoms with Crippen molar-refractivity contribution in [1.29, 1.82) is 0 Å². The van der Waals surface area contributed by atoms with Gasteiger partial charge in [-0.1, -0.05) is 73.9 Å². The fourth-order valence-electron chi connectivity index (χ4n) is 4.83. The van der Waals surface area contributed by atoms with E-state index in [1.165, 1.54) is 12.0 Å². The zero-order chi connectivity index (χ0) is 26.5. The smallest absolute Gasteiger partial charge is 0.165 e. The Morgan fingerprint density at radius 2 is 1.92 bits per heavy atom. The molecule has 0 saturated heterocycles. The second kappa shape index (κ2) is 10.9. The zero-order valence-electron chi connectivity index (χ0n) is 21.5. The number of nitrogens with zero attached hydrogens (tertiary/aromatic N) is 4. The van der Waals surface area contributed by atoms with Crippen LogP contribution >= 0.6 is 0 Å². The maximum Gasteiger partial charge on any atom is 0.165 e. The summed E-state index contributed by atoms with van der Waals surface area (Å²) in [4.78, 5) is 12.1. The Balaban J connectivity index is 1.58. The molecule has 38 heavy (non-hydrogen) atoms. The first-order chi connectivity index (χ1) is 18.5. The zero-order valence-corrected chi connectivity index (χ0v) is 21.5. The van der Waals surface area contributed by atoms with Gasteiger partial charge in [0.15, 0.2) is 11.7 Å². The number of aromatic nitrogens is 2. The first-order valence-electron chi connectivity index (χ1n) is 12.8. The van der Waals surface area contributed by atoms with Gasteiger partial charge in [-0.2, -0.15) is 5.10 Å². The highest BCUT2D eigenvalue weighted by Gasteiger charge is 2.34. The number of hydrazone groups is 1. The van der Waals surface area contributed by atoms with Gasteiger partial charge in [0.1, 0.15) is 5.69 Å². The van der Waals surface area contributed by atoms with Gasteiger partial charge in [-0.3, -0.25) is 4.90 Å². The molecule has 1 aromatic heterocycles. The standard InChI is InChI=1S/C31H33N7/c1-3-4-5-6-7-9-26-28(23-11-13-25(14-12-23)31(32)18-8-19-31)35-27-15-10-22(2)38(30(27)36-26)29(37-33)24-16-20-34-21-17-24/h3-7,10-17,20,34H,1-2,8-9,18-19,21,32-33H2/b5-4-,7-6-,37-29-. The van der Waals surface area contributed by atoms with Crippen molar-refractivity contribution in [1.82, 2.24) is 15.3 Å². The molecule has 3 aliphatic rings. The third-order valence-electron chi connectivity index (χ3n) is 7.11. The van der Waals surface area contributed by atoms with Crippen LogP contribution in [0.3, 0.4) is 0 Å². The normalized spacial score (nSPS) is 18.3. The van der Waals surface area contributed by atoms with Crippen molar-refractivity contribution >= 4 is 17.7 Å². The minimum Gasteiger partial charge on any atom is -0.387 e. The number of nitrogens with one attached hydrogen (secondary N) is 1. The van der Waals surface area contributed by atoms with E-state index >= 15 is 0 Å². The van der Waals surface area contributed by atoms with Crippen molar-refractivity contribution in [2.24, 2.45) is 16.7 Å². The van der Waals surface area contributed by atoms with Gasteiger partial charge in [-0.15, -0.1) is 0 Å². The lowest BCUT2D eigenvalue weighted by molar-refractivity contribution is 0.253. The second-order valence-electron chi connectivity index (χ2n) is 9.58. The molecule has 0 unspecified atom stereocenters. The predicted molar refractivity (Wildman–Crippen MR) is 157 cm³/mol. The number of allylic oxidation sites excluding steroid dienone is 6. The van der Waals surface area contributed by atoms with E-state index in [9.17, 15) is 0 Å². The first-order valence-corrected chi connectivity index (χ1v) is 12.8. The van der Waals surface area contributed by atoms with Gasteiger partial charge in [0.05, 0.1) is 11.4 Å². The molecule has 3 heterocycles. The maximum absolute atomic E-state index is 6.56. The fourth-order valence-corrected chi connectivity index (χ4v) is 4.83. The third kappa shape index (κ3) is 4.88. The van der Waals surface area contributed by atoms with E-state index in [4.69, 9.17) is 21.5 Å². The van der Waals surface area contributed by atoms with Gasteiger partial charge >= 0.3 is 0 Å². The van der Waals surface area contributed by atoms with Gasteiger partial charge in [-0.25, -0.2) is 9.97 Å². The molecule has 5 rings (SSSR count). The molecule has 0 radical (unpaired) electrons. The summed E-state index contributed by atoms with van der Waals surface area (Å²) in [6, 6.07) is 8.45. The largest absolute Gasteiger partial charge is 0.387 e. The molecule has 1 aliphatic carbocycles. The molecule has 2 aliphatic heterocycles. The minimum atomic E-state index is -0.206. The lowest BCUT2D eigenvalue weighted by atomic mass is 9.72. The van der Waals surface area contributed by atoms with Crippen molar-refractivity contribution < 1.29 is 0 Å². The average Bonchev–Trinajstić information content (AvgIpc) is 2.93. The number of amidine groups is 1. The summed E-state index contributed by atoms with van der Waals surface area (Å²) in [5.41, 5.74) is 12.5. The van der Waals surface area contributed by atoms with Crippen molar-refractivity contribution in [3.63, 3.8) is 0 Å². The highest BCUT2D eigenvalue weighted by molar-refractivity contribution is 6.14. The van der Waals surface area contributed by atoms with E-state index < -0.39 is 0 Å². The van der Waals surface area contributed by atoms with Crippen LogP contribution in [0.4, 0.5) is 5.82 Å². The van der Waals surface area contributed by atoms with E-state index in [2.05, 4.69) is 53.9 Å². The molecule has 1 fully saturated rings. The molecular weight excluding hydrogens is 470 g/mol. The number of hydrogen-bond donors (Lipinski definition) is 3. The Bertz CT molecular complexity index is 1420. The van der Waals surface area contributed by atoms with Crippen LogP contribution in [0.1, 0.15) is 36.2 Å². The number of benzene rings is 1. The van der Waals surface area contributed by atoms with Crippen LogP contribution in [0.15, 0.2) is 109 Å². The van der Waals surface area contributed by atoms with Crippen LogP contribution in [-0.2, 0) is 12.0 Å². The van der Waals surface area contributed by atoms with Crippen molar-refractivity contribution in [3.05, 3.63) is 120 Å². The van der Waals surface area contributed by atoms with Gasteiger partial charge < -0.3 is 16.9 Å². The third-order valence-corrected chi connectivity index (χ3v) is 7.11. The number of anilines is 1. The number of rotatable bonds is 7. The fraction of sp³-hybridized carbons (Fsp3) is 0.194. The number of nitrogens with two attached hydrogens (primary N) is 2. The van der Waals surface area contributed by atoms with Crippen LogP contribution < -0.4 is 21.8 Å². The molecule has 1 aromatic carbocycles. The van der Waals surface area contributed by atoms with E-state index in [1.54, 1.807) is 6.08 Å². The molecule has 0 amide bonds. The quantitative estimate of drug-likeness (QED) is 0.162. The Morgan fingerprint density at radius 3 is 2.58 bits per heavy atom. The molecule has 192 valence electrons. The van der Waals surface area contributed by atoms with Crippen molar-refractivity contribution in [3.8, 4) is 11.3 Å². The Labute approximate surface area is 224 Å². The number of hydrogen-bond acceptors (Lipinski definition) is 6. The maximum atomic E-state index is 6.56. The summed E-state index contributed by atoms with van der Waals surface area (Å²) >= 11 is 0. The van der Waals surface area contributed by atoms with Gasteiger partial charge in [0, 0.05) is 35.3 Å². The van der Waals surface area contributed by atoms with E-state index in [0.717, 1.165) is 41.1 Å². The average molecular weight is 504 g/mol. The molecule has 1 saturated carbocycles. The number of dihydropyridines is 1. The first kappa shape index (κ1) is 25.2. The summed E-state index contributed by atoms with van der Waals surface area (Å²) in [5, 5.41) is 7.28. The summed E-state index contributed by atoms with van der Waals surface area (Å²) in [6.07, 6.45) is 23.1. The molecule has 7 nitrogen and oxygen atoms in total. The summed E-state index contributed by atoms with van der Waals surface area (Å²) in [6.45, 7) is 8.65. The van der Waals surface area contributed by atoms with Crippen LogP contribution in [0.2, 0.25) is 0 Å². The van der Waals surface area contributed by atoms with Gasteiger partial charge in [0.2, 0.25) is 0 Å². The Morgan fingerprint density at radius 1 is 1.11 bits per heavy atom. The van der Waals surface area contributed by atoms with Crippen molar-refractivity contribution in [2.75, 3.05) is 11.4 Å². The molecule has 5 N–H and O–H groups in total. The summed E-state index contributed by atoms with van der Waals surface area (Å²) in [5.74, 6) is 7.12. The minimum absolute atomic E-state index is 0.206. The topological polar surface area (TPSA) is 105 Å². The van der Waals surface area contributed by atoms with Crippen LogP contribution in [0, 0.1) is 0 Å². The van der Waals surface area contributed by atoms with Crippen LogP contribution in [0.25, 0.3) is 17.3 Å². The highest BCUT2D eigenvalue weighted by Crippen LogP contribution is 2.39. The SMILES string of the molecule is C=C/C=C\C=C/Cc1nc2c(nc1-c1ccc(C3(N)CCC3)cc1)C=CC(=C)N2/C(=N\N)C1=CCNC=C1. The monoisotopic (exact) mass is 503 g/mol. The van der Waals surface area contributed by atoms with E-state index in [0.29, 0.717) is 30.3 Å². The molecule has 0 spiro atoms. The van der Waals surface area contributed by atoms with Crippen LogP contribution in [0.5, 0.6) is 0 Å². The van der Waals surface area contributed by atoms with Gasteiger partial charge in [-0.05, 0) is 49.3 Å². The van der Waals surface area contributed by atoms with Crippen LogP contribution in [-0.4, -0.2) is 22.3 Å². The lowest BCUT2D eigenvalue weighted by Crippen LogP contribution is -2.43. The molecule has 7 heteroatoms. The van der Waals surface area contributed by atoms with Gasteiger partial charge in [0.25, 0.3) is 0 Å².